The molecule has 0 aromatic heterocycles. The van der Waals surface area contributed by atoms with Crippen LogP contribution in [-0.2, 0) is 0 Å². The maximum atomic E-state index is 6.14. The van der Waals surface area contributed by atoms with Gasteiger partial charge in [-0.1, -0.05) is 27.2 Å². The molecule has 2 atom stereocenters. The van der Waals surface area contributed by atoms with Gasteiger partial charge in [-0.3, -0.25) is 0 Å². The second kappa shape index (κ2) is 3.14. The molecule has 1 aliphatic carbocycles. The molecule has 1 heteroatoms. The SMILES string of the molecule is CCCC(C)C(N)C1(C)CC1. The van der Waals surface area contributed by atoms with Gasteiger partial charge in [0.25, 0.3) is 0 Å². The maximum Gasteiger partial charge on any atom is 0.0119 e. The van der Waals surface area contributed by atoms with Crippen molar-refractivity contribution in [2.45, 2.75) is 52.5 Å². The van der Waals surface area contributed by atoms with Crippen LogP contribution < -0.4 is 5.73 Å². The minimum absolute atomic E-state index is 0.447. The lowest BCUT2D eigenvalue weighted by Gasteiger charge is -2.25. The first kappa shape index (κ1) is 9.05. The third kappa shape index (κ3) is 1.96. The van der Waals surface area contributed by atoms with Gasteiger partial charge in [0.05, 0.1) is 0 Å². The van der Waals surface area contributed by atoms with E-state index in [-0.39, 0.29) is 0 Å². The quantitative estimate of drug-likeness (QED) is 0.663. The van der Waals surface area contributed by atoms with E-state index in [9.17, 15) is 0 Å². The Bertz CT molecular complexity index is 127. The summed E-state index contributed by atoms with van der Waals surface area (Å²) in [5.41, 5.74) is 6.65. The molecule has 0 aliphatic heterocycles. The van der Waals surface area contributed by atoms with E-state index in [1.165, 1.54) is 25.7 Å². The molecule has 0 heterocycles. The number of rotatable bonds is 4. The van der Waals surface area contributed by atoms with Crippen molar-refractivity contribution in [1.29, 1.82) is 0 Å². The Kier molecular flexibility index (Phi) is 2.58. The zero-order valence-corrected chi connectivity index (χ0v) is 8.06. The summed E-state index contributed by atoms with van der Waals surface area (Å²) in [6.45, 7) is 6.85. The number of hydrogen-bond acceptors (Lipinski definition) is 1. The molecule has 2 N–H and O–H groups in total. The lowest BCUT2D eigenvalue weighted by atomic mass is 9.86. The first-order chi connectivity index (χ1) is 5.10. The molecular weight excluding hydrogens is 134 g/mol. The fourth-order valence-electron chi connectivity index (χ4n) is 1.85. The van der Waals surface area contributed by atoms with E-state index in [1.807, 2.05) is 0 Å². The molecule has 1 fully saturated rings. The van der Waals surface area contributed by atoms with E-state index >= 15 is 0 Å². The third-order valence-corrected chi connectivity index (χ3v) is 3.20. The molecule has 66 valence electrons. The van der Waals surface area contributed by atoms with Crippen molar-refractivity contribution in [2.75, 3.05) is 0 Å². The molecular formula is C10H21N. The van der Waals surface area contributed by atoms with Gasteiger partial charge in [0.15, 0.2) is 0 Å². The van der Waals surface area contributed by atoms with Crippen LogP contribution in [0.25, 0.3) is 0 Å². The molecule has 1 saturated carbocycles. The van der Waals surface area contributed by atoms with Crippen LogP contribution in [0.5, 0.6) is 0 Å². The van der Waals surface area contributed by atoms with Gasteiger partial charge in [-0.15, -0.1) is 0 Å². The Morgan fingerprint density at radius 1 is 1.45 bits per heavy atom. The minimum Gasteiger partial charge on any atom is -0.327 e. The smallest absolute Gasteiger partial charge is 0.0119 e. The molecule has 1 aliphatic rings. The molecule has 2 unspecified atom stereocenters. The first-order valence-corrected chi connectivity index (χ1v) is 4.86. The van der Waals surface area contributed by atoms with Gasteiger partial charge in [0, 0.05) is 6.04 Å². The largest absolute Gasteiger partial charge is 0.327 e. The molecule has 0 radical (unpaired) electrons. The maximum absolute atomic E-state index is 6.14. The predicted molar refractivity (Wildman–Crippen MR) is 49.4 cm³/mol. The second-order valence-electron chi connectivity index (χ2n) is 4.45. The van der Waals surface area contributed by atoms with Crippen LogP contribution in [0.3, 0.4) is 0 Å². The van der Waals surface area contributed by atoms with Crippen LogP contribution in [0.15, 0.2) is 0 Å². The van der Waals surface area contributed by atoms with Crippen molar-refractivity contribution >= 4 is 0 Å². The molecule has 1 rings (SSSR count). The van der Waals surface area contributed by atoms with Gasteiger partial charge in [-0.05, 0) is 30.6 Å². The summed E-state index contributed by atoms with van der Waals surface area (Å²) in [5.74, 6) is 0.715. The fourth-order valence-corrected chi connectivity index (χ4v) is 1.85. The molecule has 0 aromatic rings. The normalized spacial score (nSPS) is 26.2. The van der Waals surface area contributed by atoms with Gasteiger partial charge >= 0.3 is 0 Å². The summed E-state index contributed by atoms with van der Waals surface area (Å²) in [5, 5.41) is 0. The third-order valence-electron chi connectivity index (χ3n) is 3.20. The van der Waals surface area contributed by atoms with Crippen LogP contribution in [0.1, 0.15) is 46.5 Å². The highest BCUT2D eigenvalue weighted by molar-refractivity contribution is 4.98. The highest BCUT2D eigenvalue weighted by Crippen LogP contribution is 2.49. The Hall–Kier alpha value is -0.0400. The lowest BCUT2D eigenvalue weighted by molar-refractivity contribution is 0.310. The van der Waals surface area contributed by atoms with Gasteiger partial charge < -0.3 is 5.73 Å². The van der Waals surface area contributed by atoms with E-state index in [1.54, 1.807) is 0 Å². The van der Waals surface area contributed by atoms with E-state index < -0.39 is 0 Å². The summed E-state index contributed by atoms with van der Waals surface area (Å²) < 4.78 is 0. The van der Waals surface area contributed by atoms with Crippen molar-refractivity contribution in [3.05, 3.63) is 0 Å². The molecule has 0 saturated heterocycles. The molecule has 0 aromatic carbocycles. The monoisotopic (exact) mass is 155 g/mol. The zero-order chi connectivity index (χ0) is 8.48. The molecule has 0 spiro atoms. The summed E-state index contributed by atoms with van der Waals surface area (Å²) in [7, 11) is 0. The second-order valence-corrected chi connectivity index (χ2v) is 4.45. The van der Waals surface area contributed by atoms with Crippen molar-refractivity contribution in [3.8, 4) is 0 Å². The Morgan fingerprint density at radius 3 is 2.36 bits per heavy atom. The Morgan fingerprint density at radius 2 is 2.00 bits per heavy atom. The summed E-state index contributed by atoms with van der Waals surface area (Å²) in [4.78, 5) is 0. The summed E-state index contributed by atoms with van der Waals surface area (Å²) in [6, 6.07) is 0.447. The van der Waals surface area contributed by atoms with Crippen LogP contribution in [0, 0.1) is 11.3 Å². The van der Waals surface area contributed by atoms with Gasteiger partial charge in [0.1, 0.15) is 0 Å². The lowest BCUT2D eigenvalue weighted by Crippen LogP contribution is -2.36. The van der Waals surface area contributed by atoms with Crippen molar-refractivity contribution in [3.63, 3.8) is 0 Å². The molecule has 11 heavy (non-hydrogen) atoms. The molecule has 0 amide bonds. The molecule has 1 nitrogen and oxygen atoms in total. The van der Waals surface area contributed by atoms with Crippen LogP contribution in [0.2, 0.25) is 0 Å². The average Bonchev–Trinajstić information content (AvgIpc) is 2.68. The Labute approximate surface area is 70.4 Å². The van der Waals surface area contributed by atoms with E-state index in [0.29, 0.717) is 17.4 Å². The summed E-state index contributed by atoms with van der Waals surface area (Å²) >= 11 is 0. The van der Waals surface area contributed by atoms with Gasteiger partial charge in [0.2, 0.25) is 0 Å². The number of hydrogen-bond donors (Lipinski definition) is 1. The van der Waals surface area contributed by atoms with Crippen molar-refractivity contribution < 1.29 is 0 Å². The topological polar surface area (TPSA) is 26.0 Å². The van der Waals surface area contributed by atoms with Crippen molar-refractivity contribution in [2.24, 2.45) is 17.1 Å². The van der Waals surface area contributed by atoms with Crippen LogP contribution in [0.4, 0.5) is 0 Å². The number of nitrogens with two attached hydrogens (primary N) is 1. The highest BCUT2D eigenvalue weighted by atomic mass is 14.7. The Balaban J connectivity index is 2.34. The minimum atomic E-state index is 0.447. The average molecular weight is 155 g/mol. The van der Waals surface area contributed by atoms with Crippen LogP contribution >= 0.6 is 0 Å². The van der Waals surface area contributed by atoms with Gasteiger partial charge in [-0.25, -0.2) is 0 Å². The zero-order valence-electron chi connectivity index (χ0n) is 8.06. The summed E-state index contributed by atoms with van der Waals surface area (Å²) in [6.07, 6.45) is 5.26. The fraction of sp³-hybridized carbons (Fsp3) is 1.00. The van der Waals surface area contributed by atoms with Crippen LogP contribution in [-0.4, -0.2) is 6.04 Å². The van der Waals surface area contributed by atoms with E-state index in [0.717, 1.165) is 0 Å². The molecule has 0 bridgehead atoms. The standard InChI is InChI=1S/C10H21N/c1-4-5-8(2)9(11)10(3)6-7-10/h8-9H,4-7,11H2,1-3H3. The van der Waals surface area contributed by atoms with Crippen molar-refractivity contribution in [1.82, 2.24) is 0 Å². The van der Waals surface area contributed by atoms with E-state index in [4.69, 9.17) is 5.73 Å². The predicted octanol–water partition coefficient (Wildman–Crippen LogP) is 2.55. The highest BCUT2D eigenvalue weighted by Gasteiger charge is 2.44. The van der Waals surface area contributed by atoms with Gasteiger partial charge in [-0.2, -0.15) is 0 Å². The van der Waals surface area contributed by atoms with E-state index in [2.05, 4.69) is 20.8 Å². The first-order valence-electron chi connectivity index (χ1n) is 4.86.